The first-order valence-corrected chi connectivity index (χ1v) is 6.02. The number of hydrogen-bond donors (Lipinski definition) is 1. The zero-order valence-electron chi connectivity index (χ0n) is 10.8. The second kappa shape index (κ2) is 4.77. The molecular formula is C15H16FNO. The Kier molecular flexibility index (Phi) is 3.32. The third-order valence-corrected chi connectivity index (χ3v) is 3.19. The zero-order chi connectivity index (χ0) is 13.3. The largest absolute Gasteiger partial charge is 0.326 e. The molecule has 0 spiro atoms. The highest BCUT2D eigenvalue weighted by molar-refractivity contribution is 5.69. The van der Waals surface area contributed by atoms with E-state index in [1.807, 2.05) is 26.8 Å². The SMILES string of the molecule is CCc1cc(-c2cc(F)ccc2C)c(C)[nH]c1=O. The Labute approximate surface area is 105 Å². The topological polar surface area (TPSA) is 32.9 Å². The molecule has 2 nitrogen and oxygen atoms in total. The summed E-state index contributed by atoms with van der Waals surface area (Å²) >= 11 is 0. The highest BCUT2D eigenvalue weighted by Gasteiger charge is 2.09. The first-order valence-electron chi connectivity index (χ1n) is 6.02. The molecule has 0 saturated carbocycles. The maximum Gasteiger partial charge on any atom is 0.251 e. The van der Waals surface area contributed by atoms with Gasteiger partial charge in [-0.2, -0.15) is 0 Å². The second-order valence-electron chi connectivity index (χ2n) is 4.48. The molecule has 0 fully saturated rings. The van der Waals surface area contributed by atoms with Crippen molar-refractivity contribution in [2.24, 2.45) is 0 Å². The number of hydrogen-bond acceptors (Lipinski definition) is 1. The van der Waals surface area contributed by atoms with E-state index in [-0.39, 0.29) is 11.4 Å². The fourth-order valence-electron chi connectivity index (χ4n) is 2.09. The fraction of sp³-hybridized carbons (Fsp3) is 0.267. The summed E-state index contributed by atoms with van der Waals surface area (Å²) in [7, 11) is 0. The minimum atomic E-state index is -0.265. The molecule has 0 radical (unpaired) electrons. The van der Waals surface area contributed by atoms with Crippen LogP contribution in [-0.2, 0) is 6.42 Å². The average Bonchev–Trinajstić information content (AvgIpc) is 2.33. The standard InChI is InChI=1S/C15H16FNO/c1-4-11-7-14(10(3)17-15(11)18)13-8-12(16)6-5-9(13)2/h5-8H,4H2,1-3H3,(H,17,18). The molecule has 1 N–H and O–H groups in total. The Hall–Kier alpha value is -1.90. The van der Waals surface area contributed by atoms with Crippen LogP contribution in [0.3, 0.4) is 0 Å². The van der Waals surface area contributed by atoms with Gasteiger partial charge in [0.15, 0.2) is 0 Å². The number of nitrogens with one attached hydrogen (secondary N) is 1. The Balaban J connectivity index is 2.70. The number of aromatic amines is 1. The first kappa shape index (κ1) is 12.6. The van der Waals surface area contributed by atoms with E-state index < -0.39 is 0 Å². The number of rotatable bonds is 2. The molecule has 18 heavy (non-hydrogen) atoms. The first-order chi connectivity index (χ1) is 8.52. The van der Waals surface area contributed by atoms with Crippen LogP contribution in [0.2, 0.25) is 0 Å². The minimum Gasteiger partial charge on any atom is -0.326 e. The smallest absolute Gasteiger partial charge is 0.251 e. The van der Waals surface area contributed by atoms with Crippen molar-refractivity contribution in [1.82, 2.24) is 4.98 Å². The maximum absolute atomic E-state index is 13.4. The van der Waals surface area contributed by atoms with Gasteiger partial charge in [0.05, 0.1) is 0 Å². The van der Waals surface area contributed by atoms with Crippen molar-refractivity contribution in [2.75, 3.05) is 0 Å². The predicted molar refractivity (Wildman–Crippen MR) is 71.3 cm³/mol. The molecular weight excluding hydrogens is 229 g/mol. The molecule has 1 aromatic heterocycles. The van der Waals surface area contributed by atoms with Crippen LogP contribution in [0.25, 0.3) is 11.1 Å². The van der Waals surface area contributed by atoms with Gasteiger partial charge in [0.1, 0.15) is 5.82 Å². The summed E-state index contributed by atoms with van der Waals surface area (Å²) < 4.78 is 13.4. The lowest BCUT2D eigenvalue weighted by atomic mass is 9.97. The summed E-state index contributed by atoms with van der Waals surface area (Å²) in [5.41, 5.74) is 4.15. The molecule has 2 rings (SSSR count). The summed E-state index contributed by atoms with van der Waals surface area (Å²) in [5.74, 6) is -0.265. The third-order valence-electron chi connectivity index (χ3n) is 3.19. The molecule has 0 aliphatic carbocycles. The molecule has 94 valence electrons. The minimum absolute atomic E-state index is 0.0622. The number of pyridine rings is 1. The molecule has 1 aromatic carbocycles. The van der Waals surface area contributed by atoms with Gasteiger partial charge in [-0.05, 0) is 49.6 Å². The van der Waals surface area contributed by atoms with Gasteiger partial charge in [-0.3, -0.25) is 4.79 Å². The van der Waals surface area contributed by atoms with E-state index in [1.54, 1.807) is 6.07 Å². The van der Waals surface area contributed by atoms with Gasteiger partial charge < -0.3 is 4.98 Å². The molecule has 0 amide bonds. The Morgan fingerprint density at radius 2 is 1.89 bits per heavy atom. The molecule has 2 aromatic rings. The maximum atomic E-state index is 13.4. The average molecular weight is 245 g/mol. The van der Waals surface area contributed by atoms with Crippen LogP contribution in [0.5, 0.6) is 0 Å². The number of H-pyrrole nitrogens is 1. The highest BCUT2D eigenvalue weighted by atomic mass is 19.1. The zero-order valence-corrected chi connectivity index (χ0v) is 10.8. The Morgan fingerprint density at radius 3 is 2.56 bits per heavy atom. The normalized spacial score (nSPS) is 10.7. The molecule has 0 aliphatic rings. The van der Waals surface area contributed by atoms with Crippen LogP contribution in [0, 0.1) is 19.7 Å². The molecule has 0 unspecified atom stereocenters. The van der Waals surface area contributed by atoms with Gasteiger partial charge in [0.25, 0.3) is 5.56 Å². The lowest BCUT2D eigenvalue weighted by molar-refractivity contribution is 0.628. The molecule has 0 bridgehead atoms. The van der Waals surface area contributed by atoms with Crippen LogP contribution in [0.15, 0.2) is 29.1 Å². The number of aromatic nitrogens is 1. The predicted octanol–water partition coefficient (Wildman–Crippen LogP) is 3.36. The van der Waals surface area contributed by atoms with Crippen molar-refractivity contribution >= 4 is 0 Å². The number of benzene rings is 1. The molecule has 0 aliphatic heterocycles. The van der Waals surface area contributed by atoms with E-state index in [9.17, 15) is 9.18 Å². The third kappa shape index (κ3) is 2.21. The van der Waals surface area contributed by atoms with Crippen molar-refractivity contribution in [1.29, 1.82) is 0 Å². The number of aryl methyl sites for hydroxylation is 3. The van der Waals surface area contributed by atoms with Crippen molar-refractivity contribution in [3.05, 3.63) is 57.3 Å². The summed E-state index contributed by atoms with van der Waals surface area (Å²) in [6.45, 7) is 5.70. The van der Waals surface area contributed by atoms with E-state index in [4.69, 9.17) is 0 Å². The summed E-state index contributed by atoms with van der Waals surface area (Å²) in [6, 6.07) is 6.56. The second-order valence-corrected chi connectivity index (χ2v) is 4.48. The van der Waals surface area contributed by atoms with Crippen molar-refractivity contribution in [2.45, 2.75) is 27.2 Å². The molecule has 3 heteroatoms. The van der Waals surface area contributed by atoms with Crippen molar-refractivity contribution < 1.29 is 4.39 Å². The Morgan fingerprint density at radius 1 is 1.17 bits per heavy atom. The van der Waals surface area contributed by atoms with Crippen LogP contribution < -0.4 is 5.56 Å². The van der Waals surface area contributed by atoms with Crippen molar-refractivity contribution in [3.8, 4) is 11.1 Å². The number of halogens is 1. The van der Waals surface area contributed by atoms with Gasteiger partial charge in [-0.15, -0.1) is 0 Å². The van der Waals surface area contributed by atoms with E-state index >= 15 is 0 Å². The van der Waals surface area contributed by atoms with Crippen LogP contribution in [-0.4, -0.2) is 4.98 Å². The van der Waals surface area contributed by atoms with Gasteiger partial charge >= 0.3 is 0 Å². The van der Waals surface area contributed by atoms with Crippen LogP contribution in [0.1, 0.15) is 23.7 Å². The van der Waals surface area contributed by atoms with Crippen LogP contribution in [0.4, 0.5) is 4.39 Å². The lowest BCUT2D eigenvalue weighted by Crippen LogP contribution is -2.13. The fourth-order valence-corrected chi connectivity index (χ4v) is 2.09. The van der Waals surface area contributed by atoms with E-state index in [2.05, 4.69) is 4.98 Å². The molecule has 1 heterocycles. The van der Waals surface area contributed by atoms with E-state index in [0.717, 1.165) is 27.9 Å². The van der Waals surface area contributed by atoms with E-state index in [0.29, 0.717) is 6.42 Å². The van der Waals surface area contributed by atoms with Gasteiger partial charge in [-0.1, -0.05) is 13.0 Å². The lowest BCUT2D eigenvalue weighted by Gasteiger charge is -2.11. The highest BCUT2D eigenvalue weighted by Crippen LogP contribution is 2.26. The Bertz CT molecular complexity index is 643. The summed E-state index contributed by atoms with van der Waals surface area (Å²) in [6.07, 6.45) is 0.664. The van der Waals surface area contributed by atoms with Gasteiger partial charge in [0, 0.05) is 16.8 Å². The van der Waals surface area contributed by atoms with E-state index in [1.165, 1.54) is 12.1 Å². The van der Waals surface area contributed by atoms with Crippen molar-refractivity contribution in [3.63, 3.8) is 0 Å². The molecule has 0 atom stereocenters. The molecule has 0 saturated heterocycles. The van der Waals surface area contributed by atoms with Gasteiger partial charge in [0.2, 0.25) is 0 Å². The monoisotopic (exact) mass is 245 g/mol. The quantitative estimate of drug-likeness (QED) is 0.864. The van der Waals surface area contributed by atoms with Crippen LogP contribution >= 0.6 is 0 Å². The summed E-state index contributed by atoms with van der Waals surface area (Å²) in [5, 5.41) is 0. The van der Waals surface area contributed by atoms with Gasteiger partial charge in [-0.25, -0.2) is 4.39 Å². The summed E-state index contributed by atoms with van der Waals surface area (Å²) in [4.78, 5) is 14.5.